The molecule has 4 rings (SSSR count). The average Bonchev–Trinajstić information content (AvgIpc) is 2.83. The number of nitrogens with zero attached hydrogens (tertiary/aromatic N) is 3. The van der Waals surface area contributed by atoms with Gasteiger partial charge < -0.3 is 19.4 Å². The molecule has 0 atom stereocenters. The summed E-state index contributed by atoms with van der Waals surface area (Å²) in [4.78, 5) is 43.5. The minimum atomic E-state index is -0.437. The van der Waals surface area contributed by atoms with Crippen LogP contribution >= 0.6 is 0 Å². The van der Waals surface area contributed by atoms with Gasteiger partial charge in [-0.1, -0.05) is 30.3 Å². The molecule has 2 aromatic carbocycles. The summed E-state index contributed by atoms with van der Waals surface area (Å²) >= 11 is 0. The topological polar surface area (TPSA) is 70.2 Å². The second-order valence-corrected chi connectivity index (χ2v) is 8.19. The number of ether oxygens (including phenoxy) is 1. The summed E-state index contributed by atoms with van der Waals surface area (Å²) in [5.41, 5.74) is 1.65. The molecule has 0 unspecified atom stereocenters. The van der Waals surface area contributed by atoms with Gasteiger partial charge in [0.15, 0.2) is 0 Å². The van der Waals surface area contributed by atoms with Crippen LogP contribution in [-0.4, -0.2) is 71.2 Å². The van der Waals surface area contributed by atoms with Crippen LogP contribution in [0.1, 0.15) is 35.7 Å². The van der Waals surface area contributed by atoms with E-state index in [0.29, 0.717) is 57.7 Å². The van der Waals surface area contributed by atoms with Gasteiger partial charge in [-0.15, -0.1) is 0 Å². The second-order valence-electron chi connectivity index (χ2n) is 8.19. The number of benzene rings is 2. The van der Waals surface area contributed by atoms with Gasteiger partial charge in [-0.05, 0) is 49.6 Å². The molecule has 0 spiro atoms. The van der Waals surface area contributed by atoms with Crippen molar-refractivity contribution < 1.29 is 19.1 Å². The Morgan fingerprint density at radius 1 is 0.906 bits per heavy atom. The lowest BCUT2D eigenvalue weighted by Gasteiger charge is -2.42. The highest BCUT2D eigenvalue weighted by Crippen LogP contribution is 2.22. The van der Waals surface area contributed by atoms with Crippen LogP contribution in [-0.2, 0) is 16.1 Å². The van der Waals surface area contributed by atoms with Crippen LogP contribution in [0.25, 0.3) is 0 Å². The Morgan fingerprint density at radius 2 is 1.59 bits per heavy atom. The van der Waals surface area contributed by atoms with E-state index in [4.69, 9.17) is 4.74 Å². The molecule has 3 amide bonds. The van der Waals surface area contributed by atoms with Gasteiger partial charge in [-0.2, -0.15) is 0 Å². The summed E-state index contributed by atoms with van der Waals surface area (Å²) in [6.07, 6.45) is 1.36. The normalized spacial score (nSPS) is 17.6. The second kappa shape index (κ2) is 9.85. The number of rotatable bonds is 6. The maximum atomic E-state index is 12.8. The highest BCUT2D eigenvalue weighted by molar-refractivity contribution is 6.35. The van der Waals surface area contributed by atoms with E-state index in [1.807, 2.05) is 54.3 Å². The van der Waals surface area contributed by atoms with Crippen molar-refractivity contribution in [2.45, 2.75) is 32.4 Å². The van der Waals surface area contributed by atoms with Gasteiger partial charge >= 0.3 is 11.8 Å². The molecule has 0 N–H and O–H groups in total. The molecule has 168 valence electrons. The van der Waals surface area contributed by atoms with Crippen molar-refractivity contribution in [1.82, 2.24) is 14.7 Å². The Labute approximate surface area is 188 Å². The maximum absolute atomic E-state index is 12.8. The number of piperidine rings is 1. The van der Waals surface area contributed by atoms with E-state index >= 15 is 0 Å². The van der Waals surface area contributed by atoms with Gasteiger partial charge in [0.2, 0.25) is 0 Å². The number of carbonyl (C=O) groups is 3. The van der Waals surface area contributed by atoms with Crippen LogP contribution < -0.4 is 4.74 Å². The first-order valence-electron chi connectivity index (χ1n) is 11.2. The van der Waals surface area contributed by atoms with Gasteiger partial charge in [-0.3, -0.25) is 14.4 Å². The molecule has 2 aromatic rings. The van der Waals surface area contributed by atoms with E-state index in [9.17, 15) is 14.4 Å². The molecule has 2 saturated heterocycles. The van der Waals surface area contributed by atoms with Crippen LogP contribution in [0.4, 0.5) is 0 Å². The van der Waals surface area contributed by atoms with E-state index in [0.717, 1.165) is 11.3 Å². The number of amides is 3. The van der Waals surface area contributed by atoms with Gasteiger partial charge in [0.25, 0.3) is 5.91 Å². The Morgan fingerprint density at radius 3 is 2.25 bits per heavy atom. The first-order valence-corrected chi connectivity index (χ1v) is 11.2. The van der Waals surface area contributed by atoms with Gasteiger partial charge in [0.05, 0.1) is 6.61 Å². The van der Waals surface area contributed by atoms with Crippen LogP contribution in [0, 0.1) is 0 Å². The number of carbonyl (C=O) groups excluding carboxylic acids is 3. The zero-order chi connectivity index (χ0) is 22.5. The molecule has 2 aliphatic rings. The Kier molecular flexibility index (Phi) is 6.73. The summed E-state index contributed by atoms with van der Waals surface area (Å²) in [7, 11) is 0. The van der Waals surface area contributed by atoms with E-state index in [2.05, 4.69) is 0 Å². The molecular weight excluding hydrogens is 406 g/mol. The van der Waals surface area contributed by atoms with Crippen LogP contribution in [0.15, 0.2) is 54.6 Å². The third-order valence-corrected chi connectivity index (χ3v) is 6.16. The van der Waals surface area contributed by atoms with Crippen molar-refractivity contribution in [1.29, 1.82) is 0 Å². The number of likely N-dealkylation sites (tertiary alicyclic amines) is 1. The minimum absolute atomic E-state index is 0.00490. The first-order chi connectivity index (χ1) is 15.6. The molecular formula is C25H29N3O4. The van der Waals surface area contributed by atoms with Crippen LogP contribution in [0.2, 0.25) is 0 Å². The summed E-state index contributed by atoms with van der Waals surface area (Å²) in [6.45, 7) is 5.17. The van der Waals surface area contributed by atoms with Crippen molar-refractivity contribution in [3.63, 3.8) is 0 Å². The quantitative estimate of drug-likeness (QED) is 0.654. The van der Waals surface area contributed by atoms with Crippen molar-refractivity contribution >= 4 is 17.7 Å². The smallest absolute Gasteiger partial charge is 0.312 e. The summed E-state index contributed by atoms with van der Waals surface area (Å²) in [6, 6.07) is 16.9. The van der Waals surface area contributed by atoms with Crippen LogP contribution in [0.3, 0.4) is 0 Å². The number of hydrogen-bond donors (Lipinski definition) is 0. The lowest BCUT2D eigenvalue weighted by molar-refractivity contribution is -0.158. The zero-order valence-corrected chi connectivity index (χ0v) is 18.4. The van der Waals surface area contributed by atoms with Crippen LogP contribution in [0.5, 0.6) is 5.75 Å². The molecule has 0 aliphatic carbocycles. The zero-order valence-electron chi connectivity index (χ0n) is 18.4. The average molecular weight is 436 g/mol. The lowest BCUT2D eigenvalue weighted by Crippen LogP contribution is -2.59. The van der Waals surface area contributed by atoms with Gasteiger partial charge in [0.1, 0.15) is 5.75 Å². The van der Waals surface area contributed by atoms with E-state index < -0.39 is 11.8 Å². The van der Waals surface area contributed by atoms with Gasteiger partial charge in [-0.25, -0.2) is 0 Å². The fourth-order valence-corrected chi connectivity index (χ4v) is 4.42. The standard InChI is InChI=1S/C25H29N3O4/c1-2-32-22-10-8-20(9-11-22)23(29)26-14-12-21(13-15-26)28-17-16-27(24(30)25(28)31)18-19-6-4-3-5-7-19/h3-11,21H,2,12-18H2,1H3. The molecule has 0 aromatic heterocycles. The Balaban J connectivity index is 1.31. The van der Waals surface area contributed by atoms with Gasteiger partial charge in [0, 0.05) is 44.3 Å². The molecule has 2 aliphatic heterocycles. The Bertz CT molecular complexity index is 953. The lowest BCUT2D eigenvalue weighted by atomic mass is 10.0. The molecule has 2 heterocycles. The molecule has 32 heavy (non-hydrogen) atoms. The molecule has 0 bridgehead atoms. The third kappa shape index (κ3) is 4.77. The maximum Gasteiger partial charge on any atom is 0.312 e. The van der Waals surface area contributed by atoms with Crippen molar-refractivity contribution in [3.05, 3.63) is 65.7 Å². The summed E-state index contributed by atoms with van der Waals surface area (Å²) in [5.74, 6) is -0.129. The molecule has 2 fully saturated rings. The first kappa shape index (κ1) is 21.9. The fraction of sp³-hybridized carbons (Fsp3) is 0.400. The predicted octanol–water partition coefficient (Wildman–Crippen LogP) is 2.56. The third-order valence-electron chi connectivity index (χ3n) is 6.16. The summed E-state index contributed by atoms with van der Waals surface area (Å²) < 4.78 is 5.43. The molecule has 0 saturated carbocycles. The highest BCUT2D eigenvalue weighted by Gasteiger charge is 2.38. The number of piperazine rings is 1. The summed E-state index contributed by atoms with van der Waals surface area (Å²) in [5, 5.41) is 0. The van der Waals surface area contributed by atoms with E-state index in [-0.39, 0.29) is 11.9 Å². The molecule has 7 heteroatoms. The highest BCUT2D eigenvalue weighted by atomic mass is 16.5. The SMILES string of the molecule is CCOc1ccc(C(=O)N2CCC(N3CCN(Cc4ccccc4)C(=O)C3=O)CC2)cc1. The van der Waals surface area contributed by atoms with E-state index in [1.165, 1.54) is 0 Å². The number of hydrogen-bond acceptors (Lipinski definition) is 4. The fourth-order valence-electron chi connectivity index (χ4n) is 4.42. The Hall–Kier alpha value is -3.35. The largest absolute Gasteiger partial charge is 0.494 e. The van der Waals surface area contributed by atoms with Crippen molar-refractivity contribution in [3.8, 4) is 5.75 Å². The van der Waals surface area contributed by atoms with E-state index in [1.54, 1.807) is 21.9 Å². The molecule has 0 radical (unpaired) electrons. The predicted molar refractivity (Wildman–Crippen MR) is 120 cm³/mol. The minimum Gasteiger partial charge on any atom is -0.494 e. The van der Waals surface area contributed by atoms with Crippen molar-refractivity contribution in [2.75, 3.05) is 32.8 Å². The van der Waals surface area contributed by atoms with Crippen molar-refractivity contribution in [2.24, 2.45) is 0 Å². The monoisotopic (exact) mass is 435 g/mol. The molecule has 7 nitrogen and oxygen atoms in total.